The fourth-order valence-electron chi connectivity index (χ4n) is 9.28. The zero-order valence-corrected chi connectivity index (χ0v) is 50.3. The Hall–Kier alpha value is -10.0. The van der Waals surface area contributed by atoms with Crippen molar-refractivity contribution in [2.75, 3.05) is 64.7 Å². The second-order valence-corrected chi connectivity index (χ2v) is 20.6. The van der Waals surface area contributed by atoms with Crippen LogP contribution in [0.4, 0.5) is 58.0 Å². The summed E-state index contributed by atoms with van der Waals surface area (Å²) in [5.41, 5.74) is 4.31. The highest BCUT2D eigenvalue weighted by Gasteiger charge is 2.20. The van der Waals surface area contributed by atoms with Crippen molar-refractivity contribution < 1.29 is 9.53 Å². The Kier molecular flexibility index (Phi) is 21.6. The van der Waals surface area contributed by atoms with Crippen molar-refractivity contribution >= 4 is 96.3 Å². The molecule has 8 N–H and O–H groups in total. The van der Waals surface area contributed by atoms with Crippen LogP contribution in [-0.2, 0) is 18.2 Å². The van der Waals surface area contributed by atoms with E-state index in [1.54, 1.807) is 55.1 Å². The number of unbranched alkanes of at least 4 members (excludes halogenated alkanes) is 1. The number of nitrogens with one attached hydrogen (secondary N) is 8. The number of hydrogen-bond donors (Lipinski definition) is 8. The minimum Gasteiger partial charge on any atom is -0.378 e. The maximum atomic E-state index is 13.0. The molecule has 0 unspecified atom stereocenters. The van der Waals surface area contributed by atoms with E-state index >= 15 is 0 Å². The topological polar surface area (TPSA) is 267 Å². The van der Waals surface area contributed by atoms with E-state index in [0.717, 1.165) is 71.1 Å². The van der Waals surface area contributed by atoms with Gasteiger partial charge in [0.15, 0.2) is 0 Å². The molecule has 0 bridgehead atoms. The molecule has 9 aromatic heterocycles. The van der Waals surface area contributed by atoms with Crippen LogP contribution in [0.5, 0.6) is 0 Å². The number of nitrogens with zero attached hydrogens (tertiary/aromatic N) is 8. The lowest BCUT2D eigenvalue weighted by molar-refractivity contribution is 0.0303. The summed E-state index contributed by atoms with van der Waals surface area (Å²) >= 11 is 0. The van der Waals surface area contributed by atoms with Crippen LogP contribution >= 0.6 is 0 Å². The van der Waals surface area contributed by atoms with Gasteiger partial charge in [0.2, 0.25) is 0 Å². The summed E-state index contributed by atoms with van der Waals surface area (Å²) in [6, 6.07) is 30.3. The minimum absolute atomic E-state index is 0.0193. The summed E-state index contributed by atoms with van der Waals surface area (Å²) in [5, 5.41) is 23.5. The molecule has 21 heteroatoms. The number of hydrogen-bond acceptors (Lipinski definition) is 17. The van der Waals surface area contributed by atoms with Gasteiger partial charge in [0, 0.05) is 81.2 Å². The number of carbonyl (C=O) groups is 1. The van der Waals surface area contributed by atoms with Crippen LogP contribution < -0.4 is 48.6 Å². The maximum Gasteiger partial charge on any atom is 0.261 e. The monoisotopic (exact) mass is 1160 g/mol. The average Bonchev–Trinajstić information content (AvgIpc) is 3.55. The Balaban J connectivity index is 0.000000169. The number of H-pyrrole nitrogens is 2. The quantitative estimate of drug-likeness (QED) is 0.0421. The first-order valence-electron chi connectivity index (χ1n) is 29.1. The lowest BCUT2D eigenvalue weighted by Crippen LogP contribution is -2.40. The number of amides is 1. The first-order chi connectivity index (χ1) is 41.7. The lowest BCUT2D eigenvalue weighted by atomic mass is 10.1. The summed E-state index contributed by atoms with van der Waals surface area (Å²) in [5.74, 6) is 5.58. The summed E-state index contributed by atoms with van der Waals surface area (Å²) in [4.78, 5) is 84.1. The second kappa shape index (κ2) is 30.0. The number of rotatable bonds is 17. The van der Waals surface area contributed by atoms with Gasteiger partial charge in [-0.2, -0.15) is 0 Å². The standard InChI is InChI=1S/C26H26N6O3.C20H25N5O.C17H19N5O.C2H6/c1-17-7-9-27-21(15-17)29-22-16-19-8-10-31(2)26(34)23(19)24(30-22)28-20-5-3-18(4-6-20)25(33)32-11-13-35-14-12-32;1-4-5-6-14-7-9-21-16(11-14)24-17-12-15-8-10-22-20(26)18(15)19(25-17)23-13(2)3;1-3-6-19-16-15-12(5-8-20-17(15)23)10-14(22-16)21-13-9-11(2)4-7-18-13;1-2/h3-10,15-16H,11-14H2,1-2H3,(H2,27,28,29,30);7-13H,4-6H2,1-3H3,(H,22,26)(H2,21,23,24,25);4-5,7-10H,3,6H2,1-2H3,(H,20,23)(H2,18,19,21,22);1-2H3. The van der Waals surface area contributed by atoms with Gasteiger partial charge in [0.25, 0.3) is 22.6 Å². The molecule has 1 aliphatic heterocycles. The van der Waals surface area contributed by atoms with Gasteiger partial charge in [-0.05, 0) is 177 Å². The number of aryl methyl sites for hydroxylation is 4. The fourth-order valence-corrected chi connectivity index (χ4v) is 9.28. The summed E-state index contributed by atoms with van der Waals surface area (Å²) in [7, 11) is 1.71. The fraction of sp³-hybridized carbons (Fsp3) is 0.292. The Bertz CT molecular complexity index is 4100. The van der Waals surface area contributed by atoms with Crippen molar-refractivity contribution in [2.45, 2.75) is 87.1 Å². The average molecular weight is 1160 g/mol. The number of morpholine rings is 1. The first kappa shape index (κ1) is 62.0. The third-order valence-corrected chi connectivity index (χ3v) is 13.5. The van der Waals surface area contributed by atoms with Crippen LogP contribution in [0.2, 0.25) is 0 Å². The number of fused-ring (bicyclic) bond motifs is 3. The van der Waals surface area contributed by atoms with Crippen LogP contribution in [0, 0.1) is 13.8 Å². The van der Waals surface area contributed by atoms with Crippen LogP contribution in [-0.4, -0.2) is 94.1 Å². The second-order valence-electron chi connectivity index (χ2n) is 20.6. The van der Waals surface area contributed by atoms with Gasteiger partial charge in [-0.15, -0.1) is 0 Å². The molecule has 0 atom stereocenters. The van der Waals surface area contributed by atoms with Crippen LogP contribution in [0.15, 0.2) is 149 Å². The van der Waals surface area contributed by atoms with Crippen LogP contribution in [0.3, 0.4) is 0 Å². The number of ether oxygens (including phenoxy) is 1. The number of pyridine rings is 9. The molecule has 0 spiro atoms. The molecule has 11 rings (SSSR count). The minimum atomic E-state index is -0.156. The Labute approximate surface area is 499 Å². The Morgan fingerprint density at radius 2 is 1.13 bits per heavy atom. The molecule has 0 aliphatic carbocycles. The van der Waals surface area contributed by atoms with Crippen molar-refractivity contribution in [1.29, 1.82) is 0 Å². The molecule has 10 heterocycles. The molecule has 0 saturated carbocycles. The molecule has 10 aromatic rings. The van der Waals surface area contributed by atoms with Crippen molar-refractivity contribution in [3.8, 4) is 0 Å². The van der Waals surface area contributed by atoms with Gasteiger partial charge in [-0.1, -0.05) is 34.1 Å². The normalized spacial score (nSPS) is 11.8. The van der Waals surface area contributed by atoms with E-state index in [1.165, 1.54) is 10.1 Å². The zero-order chi connectivity index (χ0) is 61.1. The molecule has 1 aromatic carbocycles. The van der Waals surface area contributed by atoms with Crippen molar-refractivity contribution in [2.24, 2.45) is 7.05 Å². The molecule has 1 amide bonds. The van der Waals surface area contributed by atoms with Crippen molar-refractivity contribution in [3.63, 3.8) is 0 Å². The number of aromatic amines is 2. The van der Waals surface area contributed by atoms with E-state index in [0.29, 0.717) is 94.4 Å². The van der Waals surface area contributed by atoms with E-state index in [1.807, 2.05) is 127 Å². The van der Waals surface area contributed by atoms with E-state index in [-0.39, 0.29) is 28.6 Å². The van der Waals surface area contributed by atoms with E-state index in [4.69, 9.17) is 4.74 Å². The number of carbonyl (C=O) groups excluding carboxylic acids is 1. The molecular weight excluding hydrogens is 1080 g/mol. The van der Waals surface area contributed by atoms with E-state index in [2.05, 4.69) is 91.7 Å². The number of anilines is 10. The first-order valence-corrected chi connectivity index (χ1v) is 29.1. The summed E-state index contributed by atoms with van der Waals surface area (Å²) in [6.45, 7) is 19.3. The Morgan fingerprint density at radius 3 is 1.67 bits per heavy atom. The van der Waals surface area contributed by atoms with E-state index in [9.17, 15) is 19.2 Å². The van der Waals surface area contributed by atoms with Crippen molar-refractivity contribution in [1.82, 2.24) is 49.3 Å². The molecule has 86 heavy (non-hydrogen) atoms. The highest BCUT2D eigenvalue weighted by Crippen LogP contribution is 2.29. The predicted octanol–water partition coefficient (Wildman–Crippen LogP) is 12.0. The van der Waals surface area contributed by atoms with Crippen LogP contribution in [0.25, 0.3) is 32.3 Å². The Morgan fingerprint density at radius 1 is 0.605 bits per heavy atom. The molecular formula is C65H76N16O5. The highest BCUT2D eigenvalue weighted by molar-refractivity contribution is 5.97. The van der Waals surface area contributed by atoms with E-state index < -0.39 is 0 Å². The molecule has 21 nitrogen and oxygen atoms in total. The van der Waals surface area contributed by atoms with Crippen molar-refractivity contribution in [3.05, 3.63) is 188 Å². The molecule has 1 saturated heterocycles. The molecule has 1 aliphatic rings. The molecule has 0 radical (unpaired) electrons. The van der Waals surface area contributed by atoms with Gasteiger partial charge < -0.3 is 56.1 Å². The number of aromatic nitrogens is 9. The lowest BCUT2D eigenvalue weighted by Gasteiger charge is -2.26. The van der Waals surface area contributed by atoms with Gasteiger partial charge in [0.1, 0.15) is 52.4 Å². The highest BCUT2D eigenvalue weighted by atomic mass is 16.5. The summed E-state index contributed by atoms with van der Waals surface area (Å²) < 4.78 is 6.85. The SMILES string of the molecule is CC.CCCCc1ccnc(Nc2cc3cc[nH]c(=O)c3c(NC(C)C)n2)c1.CCCNc1nc(Nc2cc(C)ccn2)cc2cc[nH]c(=O)c12.Cc1ccnc(Nc2cc3ccn(C)c(=O)c3c(Nc3ccc(C(=O)N4CCOCC4)cc3)n2)c1. The van der Waals surface area contributed by atoms with Gasteiger partial charge in [0.05, 0.1) is 29.4 Å². The molecule has 1 fully saturated rings. The van der Waals surface area contributed by atoms with Gasteiger partial charge in [-0.25, -0.2) is 29.9 Å². The maximum absolute atomic E-state index is 13.0. The van der Waals surface area contributed by atoms with Gasteiger partial charge in [-0.3, -0.25) is 19.2 Å². The zero-order valence-electron chi connectivity index (χ0n) is 50.3. The largest absolute Gasteiger partial charge is 0.378 e. The third kappa shape index (κ3) is 16.4. The number of benzene rings is 1. The van der Waals surface area contributed by atoms with Crippen LogP contribution in [0.1, 0.15) is 87.9 Å². The molecule has 446 valence electrons. The third-order valence-electron chi connectivity index (χ3n) is 13.5. The predicted molar refractivity (Wildman–Crippen MR) is 348 cm³/mol. The van der Waals surface area contributed by atoms with Gasteiger partial charge >= 0.3 is 0 Å². The smallest absolute Gasteiger partial charge is 0.261 e. The summed E-state index contributed by atoms with van der Waals surface area (Å²) in [6.07, 6.45) is 14.6.